The van der Waals surface area contributed by atoms with Gasteiger partial charge < -0.3 is 24.6 Å². The molecule has 0 radical (unpaired) electrons. The number of benzene rings is 2. The summed E-state index contributed by atoms with van der Waals surface area (Å²) in [7, 11) is 3.35. The molecule has 8 nitrogen and oxygen atoms in total. The van der Waals surface area contributed by atoms with Crippen molar-refractivity contribution in [3.63, 3.8) is 0 Å². The van der Waals surface area contributed by atoms with E-state index in [1.807, 2.05) is 49.1 Å². The van der Waals surface area contributed by atoms with Gasteiger partial charge in [-0.2, -0.15) is 0 Å². The Kier molecular flexibility index (Phi) is 7.94. The maximum Gasteiger partial charge on any atom is 0.257 e. The van der Waals surface area contributed by atoms with Crippen LogP contribution >= 0.6 is 0 Å². The molecule has 0 bridgehead atoms. The highest BCUT2D eigenvalue weighted by atomic mass is 16.5. The Morgan fingerprint density at radius 2 is 1.78 bits per heavy atom. The molecule has 0 unspecified atom stereocenters. The summed E-state index contributed by atoms with van der Waals surface area (Å²) in [5.74, 6) is 0.113. The lowest BCUT2D eigenvalue weighted by molar-refractivity contribution is -0.117. The number of hydrogen-bond donors (Lipinski definition) is 1. The maximum absolute atomic E-state index is 13.5. The van der Waals surface area contributed by atoms with E-state index in [0.717, 1.165) is 12.8 Å². The van der Waals surface area contributed by atoms with Crippen molar-refractivity contribution in [1.29, 1.82) is 0 Å². The van der Waals surface area contributed by atoms with Crippen molar-refractivity contribution in [2.75, 3.05) is 39.2 Å². The Balaban J connectivity index is 1.65. The van der Waals surface area contributed by atoms with Gasteiger partial charge in [-0.3, -0.25) is 14.4 Å². The highest BCUT2D eigenvalue weighted by molar-refractivity contribution is 6.00. The lowest BCUT2D eigenvalue weighted by atomic mass is 10.0. The largest absolute Gasteiger partial charge is 0.491 e. The molecular formula is C28H35N3O5. The Morgan fingerprint density at radius 1 is 1.06 bits per heavy atom. The molecule has 36 heavy (non-hydrogen) atoms. The number of ether oxygens (including phenoxy) is 2. The molecule has 3 amide bonds. The van der Waals surface area contributed by atoms with E-state index in [1.165, 1.54) is 0 Å². The maximum atomic E-state index is 13.5. The molecule has 1 aliphatic heterocycles. The average molecular weight is 494 g/mol. The van der Waals surface area contributed by atoms with E-state index in [0.29, 0.717) is 35.7 Å². The van der Waals surface area contributed by atoms with Crippen molar-refractivity contribution >= 4 is 23.4 Å². The average Bonchev–Trinajstić information content (AvgIpc) is 3.74. The van der Waals surface area contributed by atoms with Gasteiger partial charge in [0.2, 0.25) is 5.91 Å². The first-order valence-corrected chi connectivity index (χ1v) is 12.5. The number of hydrogen-bond acceptors (Lipinski definition) is 5. The summed E-state index contributed by atoms with van der Waals surface area (Å²) in [5, 5.41) is 2.91. The first-order chi connectivity index (χ1) is 17.3. The Morgan fingerprint density at radius 3 is 2.44 bits per heavy atom. The summed E-state index contributed by atoms with van der Waals surface area (Å²) in [6.45, 7) is 4.98. The van der Waals surface area contributed by atoms with Crippen molar-refractivity contribution in [3.05, 3.63) is 59.7 Å². The number of fused-ring (bicyclic) bond motifs is 1. The first kappa shape index (κ1) is 25.7. The fraction of sp³-hybridized carbons (Fsp3) is 0.464. The number of amides is 3. The minimum atomic E-state index is -0.279. The van der Waals surface area contributed by atoms with E-state index in [1.54, 1.807) is 37.3 Å². The van der Waals surface area contributed by atoms with E-state index >= 15 is 0 Å². The molecule has 1 N–H and O–H groups in total. The van der Waals surface area contributed by atoms with Gasteiger partial charge in [0.05, 0.1) is 17.7 Å². The zero-order valence-corrected chi connectivity index (χ0v) is 21.4. The quantitative estimate of drug-likeness (QED) is 0.702. The second-order valence-electron chi connectivity index (χ2n) is 9.90. The third kappa shape index (κ3) is 5.87. The third-order valence-corrected chi connectivity index (χ3v) is 6.94. The van der Waals surface area contributed by atoms with Gasteiger partial charge in [-0.05, 0) is 50.1 Å². The van der Waals surface area contributed by atoms with Crippen LogP contribution in [0.1, 0.15) is 47.4 Å². The van der Waals surface area contributed by atoms with E-state index < -0.39 is 0 Å². The first-order valence-electron chi connectivity index (χ1n) is 12.5. The molecule has 1 heterocycles. The minimum Gasteiger partial charge on any atom is -0.491 e. The lowest BCUT2D eigenvalue weighted by Gasteiger charge is -2.36. The second kappa shape index (κ2) is 11.1. The van der Waals surface area contributed by atoms with Crippen LogP contribution in [-0.2, 0) is 9.53 Å². The van der Waals surface area contributed by atoms with Gasteiger partial charge in [0, 0.05) is 50.3 Å². The van der Waals surface area contributed by atoms with Crippen molar-refractivity contribution in [2.24, 2.45) is 11.8 Å². The number of anilines is 1. The number of rotatable bonds is 4. The van der Waals surface area contributed by atoms with E-state index in [9.17, 15) is 14.4 Å². The van der Waals surface area contributed by atoms with Crippen molar-refractivity contribution in [3.8, 4) is 5.75 Å². The van der Waals surface area contributed by atoms with Crippen LogP contribution < -0.4 is 10.1 Å². The Hall–Kier alpha value is -3.39. The molecule has 1 aliphatic carbocycles. The number of nitrogens with one attached hydrogen (secondary N) is 1. The summed E-state index contributed by atoms with van der Waals surface area (Å²) in [4.78, 5) is 42.6. The highest BCUT2D eigenvalue weighted by Crippen LogP contribution is 2.31. The molecule has 192 valence electrons. The number of carbonyl (C=O) groups excluding carboxylic acids is 3. The molecule has 2 aromatic rings. The predicted octanol–water partition coefficient (Wildman–Crippen LogP) is 3.68. The number of carbonyl (C=O) groups is 3. The third-order valence-electron chi connectivity index (χ3n) is 6.94. The number of likely N-dealkylation sites (N-methyl/N-ethyl adjacent to an activating group) is 1. The fourth-order valence-electron chi connectivity index (χ4n) is 4.47. The normalized spacial score (nSPS) is 23.1. The molecule has 2 aliphatic rings. The Labute approximate surface area is 212 Å². The van der Waals surface area contributed by atoms with Gasteiger partial charge in [-0.15, -0.1) is 0 Å². The van der Waals surface area contributed by atoms with Crippen molar-refractivity contribution < 1.29 is 23.9 Å². The molecule has 8 heteroatoms. The zero-order chi connectivity index (χ0) is 25.8. The fourth-order valence-corrected chi connectivity index (χ4v) is 4.47. The van der Waals surface area contributed by atoms with Crippen molar-refractivity contribution in [1.82, 2.24) is 9.80 Å². The van der Waals surface area contributed by atoms with E-state index in [4.69, 9.17) is 9.47 Å². The van der Waals surface area contributed by atoms with Gasteiger partial charge in [0.15, 0.2) is 0 Å². The van der Waals surface area contributed by atoms with E-state index in [-0.39, 0.29) is 48.3 Å². The monoisotopic (exact) mass is 493 g/mol. The zero-order valence-electron chi connectivity index (χ0n) is 21.4. The van der Waals surface area contributed by atoms with Crippen LogP contribution in [0.25, 0.3) is 0 Å². The molecule has 0 saturated heterocycles. The molecule has 0 spiro atoms. The van der Waals surface area contributed by atoms with Gasteiger partial charge in [0.1, 0.15) is 12.4 Å². The minimum absolute atomic E-state index is 0.0261. The summed E-state index contributed by atoms with van der Waals surface area (Å²) in [5.41, 5.74) is 1.54. The smallest absolute Gasteiger partial charge is 0.257 e. The van der Waals surface area contributed by atoms with Crippen LogP contribution in [0.2, 0.25) is 0 Å². The number of nitrogens with zero attached hydrogens (tertiary/aromatic N) is 2. The predicted molar refractivity (Wildman–Crippen MR) is 137 cm³/mol. The number of methoxy groups -OCH3 is 1. The van der Waals surface area contributed by atoms with Gasteiger partial charge in [0.25, 0.3) is 11.8 Å². The van der Waals surface area contributed by atoms with E-state index in [2.05, 4.69) is 5.32 Å². The van der Waals surface area contributed by atoms with Crippen LogP contribution in [0.15, 0.2) is 48.5 Å². The molecule has 1 fully saturated rings. The summed E-state index contributed by atoms with van der Waals surface area (Å²) < 4.78 is 11.9. The second-order valence-corrected chi connectivity index (χ2v) is 9.90. The van der Waals surface area contributed by atoms with Crippen LogP contribution in [-0.4, -0.2) is 73.5 Å². The lowest BCUT2D eigenvalue weighted by Crippen LogP contribution is -2.48. The molecule has 3 atom stereocenters. The molecule has 4 rings (SSSR count). The Bertz CT molecular complexity index is 1100. The molecule has 2 aromatic carbocycles. The summed E-state index contributed by atoms with van der Waals surface area (Å²) in [6.07, 6.45) is 1.52. The standard InChI is InChI=1S/C28H35N3O5/c1-18-15-31(27(33)21-8-6-5-7-9-21)19(2)17-36-24-13-12-22(29-26(32)20-10-11-20)14-23(24)28(34)30(3)16-25(18)35-4/h5-9,12-14,18-20,25H,10-11,15-17H2,1-4H3,(H,29,32)/t18-,19+,25-/m0/s1. The van der Waals surface area contributed by atoms with Gasteiger partial charge in [-0.25, -0.2) is 0 Å². The van der Waals surface area contributed by atoms with Crippen LogP contribution in [0, 0.1) is 11.8 Å². The topological polar surface area (TPSA) is 88.2 Å². The van der Waals surface area contributed by atoms with Crippen LogP contribution in [0.5, 0.6) is 5.75 Å². The summed E-state index contributed by atoms with van der Waals surface area (Å²) in [6, 6.07) is 14.1. The van der Waals surface area contributed by atoms with Gasteiger partial charge in [-0.1, -0.05) is 25.1 Å². The van der Waals surface area contributed by atoms with Crippen LogP contribution in [0.4, 0.5) is 5.69 Å². The SMILES string of the molecule is CO[C@H]1CN(C)C(=O)c2cc(NC(=O)C3CC3)ccc2OC[C@@H](C)N(C(=O)c2ccccc2)C[C@@H]1C. The summed E-state index contributed by atoms with van der Waals surface area (Å²) >= 11 is 0. The highest BCUT2D eigenvalue weighted by Gasteiger charge is 2.32. The molecule has 0 aromatic heterocycles. The van der Waals surface area contributed by atoms with Gasteiger partial charge >= 0.3 is 0 Å². The molecule has 1 saturated carbocycles. The van der Waals surface area contributed by atoms with Crippen LogP contribution in [0.3, 0.4) is 0 Å². The van der Waals surface area contributed by atoms with Crippen molar-refractivity contribution in [2.45, 2.75) is 38.8 Å². The molecular weight excluding hydrogens is 458 g/mol.